The molecule has 0 aliphatic rings. The number of aromatic nitrogens is 3. The number of anilines is 1. The van der Waals surface area contributed by atoms with Gasteiger partial charge in [-0.25, -0.2) is 4.52 Å². The molecule has 0 spiro atoms. The normalized spacial score (nSPS) is 11.1. The van der Waals surface area contributed by atoms with Gasteiger partial charge in [-0.15, -0.1) is 0 Å². The summed E-state index contributed by atoms with van der Waals surface area (Å²) < 4.78 is 2.93. The van der Waals surface area contributed by atoms with Crippen LogP contribution in [0.15, 0.2) is 47.3 Å². The minimum Gasteiger partial charge on any atom is -0.366 e. The molecule has 1 N–H and O–H groups in total. The van der Waals surface area contributed by atoms with E-state index in [1.165, 1.54) is 5.56 Å². The maximum atomic E-state index is 4.45. The van der Waals surface area contributed by atoms with Gasteiger partial charge in [0.25, 0.3) is 0 Å². The van der Waals surface area contributed by atoms with Crippen LogP contribution in [0.2, 0.25) is 0 Å². The maximum Gasteiger partial charge on any atom is 0.128 e. The zero-order chi connectivity index (χ0) is 17.7. The van der Waals surface area contributed by atoms with E-state index in [9.17, 15) is 0 Å². The number of fused-ring (bicyclic) bond motifs is 1. The van der Waals surface area contributed by atoms with Gasteiger partial charge >= 0.3 is 0 Å². The highest BCUT2D eigenvalue weighted by molar-refractivity contribution is 9.10. The Hall–Kier alpha value is -1.88. The minimum absolute atomic E-state index is 0.0796. The van der Waals surface area contributed by atoms with Gasteiger partial charge in [-0.05, 0) is 50.7 Å². The molecule has 0 aliphatic heterocycles. The Bertz CT molecular complexity index is 788. The molecule has 4 nitrogen and oxygen atoms in total. The Morgan fingerprint density at radius 2 is 1.92 bits per heavy atom. The predicted molar refractivity (Wildman–Crippen MR) is 105 cm³/mol. The third-order valence-electron chi connectivity index (χ3n) is 3.63. The first-order chi connectivity index (χ1) is 11.4. The average Bonchev–Trinajstić information content (AvgIpc) is 2.96. The number of hydrogen-bond acceptors (Lipinski definition) is 3. The molecule has 0 aromatic carbocycles. The standard InChI is InChI=1S/C17H19BrN4.C2H6/c1-17(2,3)13-7-15-14(18)11-21-22(15)16(8-13)20-10-12-5-4-6-19-9-12;1-2/h4-9,11,20H,10H2,1-3H3;1-2H3. The van der Waals surface area contributed by atoms with Crippen molar-refractivity contribution in [3.8, 4) is 0 Å². The third kappa shape index (κ3) is 4.15. The van der Waals surface area contributed by atoms with Crippen molar-refractivity contribution >= 4 is 27.3 Å². The van der Waals surface area contributed by atoms with E-state index in [2.05, 4.69) is 70.3 Å². The molecular weight excluding hydrogens is 364 g/mol. The predicted octanol–water partition coefficient (Wildman–Crippen LogP) is 5.43. The van der Waals surface area contributed by atoms with E-state index in [-0.39, 0.29) is 5.41 Å². The summed E-state index contributed by atoms with van der Waals surface area (Å²) in [6.07, 6.45) is 5.49. The van der Waals surface area contributed by atoms with Crippen molar-refractivity contribution in [1.29, 1.82) is 0 Å². The van der Waals surface area contributed by atoms with Crippen LogP contribution in [-0.4, -0.2) is 14.6 Å². The summed E-state index contributed by atoms with van der Waals surface area (Å²) in [5, 5.41) is 7.91. The van der Waals surface area contributed by atoms with E-state index in [1.807, 2.05) is 36.8 Å². The van der Waals surface area contributed by atoms with Crippen molar-refractivity contribution in [2.45, 2.75) is 46.6 Å². The maximum absolute atomic E-state index is 4.45. The number of halogens is 1. The molecule has 0 fully saturated rings. The van der Waals surface area contributed by atoms with Crippen LogP contribution in [0.5, 0.6) is 0 Å². The molecule has 3 aromatic heterocycles. The van der Waals surface area contributed by atoms with E-state index in [1.54, 1.807) is 6.20 Å². The van der Waals surface area contributed by atoms with Gasteiger partial charge in [-0.3, -0.25) is 4.98 Å². The van der Waals surface area contributed by atoms with Crippen molar-refractivity contribution in [2.75, 3.05) is 5.32 Å². The Balaban J connectivity index is 0.00000100. The fraction of sp³-hybridized carbons (Fsp3) is 0.368. The van der Waals surface area contributed by atoms with Crippen molar-refractivity contribution in [3.63, 3.8) is 0 Å². The molecule has 128 valence electrons. The first kappa shape index (κ1) is 18.5. The highest BCUT2D eigenvalue weighted by Gasteiger charge is 2.17. The SMILES string of the molecule is CC.CC(C)(C)c1cc(NCc2cccnc2)n2ncc(Br)c2c1. The van der Waals surface area contributed by atoms with E-state index < -0.39 is 0 Å². The monoisotopic (exact) mass is 388 g/mol. The zero-order valence-corrected chi connectivity index (χ0v) is 16.6. The highest BCUT2D eigenvalue weighted by atomic mass is 79.9. The van der Waals surface area contributed by atoms with E-state index in [0.717, 1.165) is 21.4 Å². The van der Waals surface area contributed by atoms with Crippen LogP contribution in [-0.2, 0) is 12.0 Å². The molecular formula is C19H25BrN4. The van der Waals surface area contributed by atoms with Crippen LogP contribution in [0, 0.1) is 0 Å². The number of pyridine rings is 2. The lowest BCUT2D eigenvalue weighted by Crippen LogP contribution is -2.14. The summed E-state index contributed by atoms with van der Waals surface area (Å²) in [5.74, 6) is 0.983. The van der Waals surface area contributed by atoms with Gasteiger partial charge in [-0.1, -0.05) is 40.7 Å². The molecule has 0 unspecified atom stereocenters. The number of rotatable bonds is 3. The van der Waals surface area contributed by atoms with Crippen LogP contribution in [0.4, 0.5) is 5.82 Å². The molecule has 0 amide bonds. The van der Waals surface area contributed by atoms with Crippen molar-refractivity contribution in [1.82, 2.24) is 14.6 Å². The van der Waals surface area contributed by atoms with Crippen LogP contribution < -0.4 is 5.32 Å². The first-order valence-corrected chi connectivity index (χ1v) is 9.05. The molecule has 24 heavy (non-hydrogen) atoms. The summed E-state index contributed by atoms with van der Waals surface area (Å²) >= 11 is 3.58. The lowest BCUT2D eigenvalue weighted by Gasteiger charge is -2.21. The Morgan fingerprint density at radius 3 is 2.54 bits per heavy atom. The zero-order valence-electron chi connectivity index (χ0n) is 15.0. The van der Waals surface area contributed by atoms with Crippen molar-refractivity contribution in [3.05, 3.63) is 58.5 Å². The van der Waals surface area contributed by atoms with Gasteiger partial charge in [0, 0.05) is 18.9 Å². The summed E-state index contributed by atoms with van der Waals surface area (Å²) in [6.45, 7) is 11.4. The lowest BCUT2D eigenvalue weighted by atomic mass is 9.87. The topological polar surface area (TPSA) is 42.2 Å². The van der Waals surface area contributed by atoms with Gasteiger partial charge in [0.05, 0.1) is 16.2 Å². The third-order valence-corrected chi connectivity index (χ3v) is 4.25. The summed E-state index contributed by atoms with van der Waals surface area (Å²) in [7, 11) is 0. The summed E-state index contributed by atoms with van der Waals surface area (Å²) in [6, 6.07) is 8.36. The van der Waals surface area contributed by atoms with E-state index in [0.29, 0.717) is 6.54 Å². The number of hydrogen-bond donors (Lipinski definition) is 1. The second-order valence-corrected chi connectivity index (χ2v) is 7.24. The van der Waals surface area contributed by atoms with Gasteiger partial charge in [-0.2, -0.15) is 5.10 Å². The van der Waals surface area contributed by atoms with Crippen LogP contribution in [0.1, 0.15) is 45.7 Å². The Kier molecular flexibility index (Phi) is 5.99. The van der Waals surface area contributed by atoms with Crippen LogP contribution in [0.3, 0.4) is 0 Å². The van der Waals surface area contributed by atoms with E-state index in [4.69, 9.17) is 0 Å². The van der Waals surface area contributed by atoms with Crippen molar-refractivity contribution < 1.29 is 0 Å². The molecule has 0 aliphatic carbocycles. The van der Waals surface area contributed by atoms with Crippen LogP contribution >= 0.6 is 15.9 Å². The minimum atomic E-state index is 0.0796. The fourth-order valence-electron chi connectivity index (χ4n) is 2.31. The largest absolute Gasteiger partial charge is 0.366 e. The second kappa shape index (κ2) is 7.79. The molecule has 3 rings (SSSR count). The second-order valence-electron chi connectivity index (χ2n) is 6.38. The molecule has 3 aromatic rings. The van der Waals surface area contributed by atoms with Gasteiger partial charge in [0.15, 0.2) is 0 Å². The summed E-state index contributed by atoms with van der Waals surface area (Å²) in [5.41, 5.74) is 3.56. The Labute approximate surface area is 152 Å². The number of nitrogens with one attached hydrogen (secondary N) is 1. The fourth-order valence-corrected chi connectivity index (χ4v) is 2.69. The quantitative estimate of drug-likeness (QED) is 0.650. The molecule has 5 heteroatoms. The van der Waals surface area contributed by atoms with Gasteiger partial charge in [0.2, 0.25) is 0 Å². The summed E-state index contributed by atoms with van der Waals surface area (Å²) in [4.78, 5) is 4.15. The number of nitrogens with zero attached hydrogens (tertiary/aromatic N) is 3. The molecule has 0 saturated heterocycles. The smallest absolute Gasteiger partial charge is 0.128 e. The highest BCUT2D eigenvalue weighted by Crippen LogP contribution is 2.30. The van der Waals surface area contributed by atoms with Gasteiger partial charge < -0.3 is 5.32 Å². The lowest BCUT2D eigenvalue weighted by molar-refractivity contribution is 0.589. The molecule has 0 radical (unpaired) electrons. The van der Waals surface area contributed by atoms with Gasteiger partial charge in [0.1, 0.15) is 5.82 Å². The molecule has 0 bridgehead atoms. The Morgan fingerprint density at radius 1 is 1.17 bits per heavy atom. The average molecular weight is 389 g/mol. The van der Waals surface area contributed by atoms with E-state index >= 15 is 0 Å². The first-order valence-electron chi connectivity index (χ1n) is 8.26. The molecule has 0 atom stereocenters. The van der Waals surface area contributed by atoms with Crippen molar-refractivity contribution in [2.24, 2.45) is 0 Å². The van der Waals surface area contributed by atoms with Crippen LogP contribution in [0.25, 0.3) is 5.52 Å². The molecule has 3 heterocycles. The molecule has 0 saturated carbocycles.